The van der Waals surface area contributed by atoms with Gasteiger partial charge < -0.3 is 0 Å². The molecule has 0 heteroatoms. The highest BCUT2D eigenvalue weighted by atomic mass is 14.3. The van der Waals surface area contributed by atoms with Crippen molar-refractivity contribution in [2.75, 3.05) is 0 Å². The maximum atomic E-state index is 2.49. The lowest BCUT2D eigenvalue weighted by atomic mass is 9.86. The molecule has 0 saturated heterocycles. The van der Waals surface area contributed by atoms with E-state index < -0.39 is 0 Å². The van der Waals surface area contributed by atoms with Gasteiger partial charge in [-0.2, -0.15) is 0 Å². The fourth-order valence-electron chi connectivity index (χ4n) is 4.27. The van der Waals surface area contributed by atoms with Crippen molar-refractivity contribution in [1.82, 2.24) is 0 Å². The van der Waals surface area contributed by atoms with E-state index in [1.807, 2.05) is 0 Å². The monoisotopic (exact) mass is 288 g/mol. The Morgan fingerprint density at radius 1 is 0.773 bits per heavy atom. The molecule has 0 atom stereocenters. The number of hydrogen-bond donors (Lipinski definition) is 0. The predicted molar refractivity (Wildman–Crippen MR) is 95.5 cm³/mol. The molecule has 0 saturated carbocycles. The van der Waals surface area contributed by atoms with Crippen LogP contribution in [0.25, 0.3) is 17.2 Å². The van der Waals surface area contributed by atoms with Crippen molar-refractivity contribution >= 4 is 6.08 Å². The molecule has 0 nitrogen and oxygen atoms in total. The second kappa shape index (κ2) is 4.84. The molecule has 4 rings (SSSR count). The largest absolute Gasteiger partial charge is 0.0683 e. The number of hydrogen-bond acceptors (Lipinski definition) is 0. The second-order valence-corrected chi connectivity index (χ2v) is 7.23. The molecule has 0 N–H and O–H groups in total. The van der Waals surface area contributed by atoms with Crippen molar-refractivity contribution < 1.29 is 0 Å². The first-order chi connectivity index (χ1) is 10.5. The Kier molecular flexibility index (Phi) is 3.04. The third kappa shape index (κ3) is 1.97. The summed E-state index contributed by atoms with van der Waals surface area (Å²) in [4.78, 5) is 0. The third-order valence-corrected chi connectivity index (χ3v) is 5.50. The van der Waals surface area contributed by atoms with Gasteiger partial charge in [0.15, 0.2) is 0 Å². The van der Waals surface area contributed by atoms with Crippen molar-refractivity contribution in [3.8, 4) is 11.1 Å². The summed E-state index contributed by atoms with van der Waals surface area (Å²) in [5, 5.41) is 0. The van der Waals surface area contributed by atoms with E-state index in [-0.39, 0.29) is 0 Å². The topological polar surface area (TPSA) is 0 Å². The Labute approximate surface area is 133 Å². The average molecular weight is 288 g/mol. The van der Waals surface area contributed by atoms with E-state index in [1.54, 1.807) is 22.3 Å². The highest BCUT2D eigenvalue weighted by Crippen LogP contribution is 2.43. The fourth-order valence-corrected chi connectivity index (χ4v) is 4.27. The average Bonchev–Trinajstić information content (AvgIpc) is 3.05. The number of aryl methyl sites for hydroxylation is 4. The molecule has 2 aromatic carbocycles. The summed E-state index contributed by atoms with van der Waals surface area (Å²) in [6.45, 7) is 8.99. The lowest BCUT2D eigenvalue weighted by molar-refractivity contribution is 0.911. The fraction of sp³-hybridized carbons (Fsp3) is 0.364. The van der Waals surface area contributed by atoms with Crippen molar-refractivity contribution in [1.29, 1.82) is 0 Å². The van der Waals surface area contributed by atoms with Crippen LogP contribution < -0.4 is 0 Å². The summed E-state index contributed by atoms with van der Waals surface area (Å²) < 4.78 is 0. The molecule has 2 aliphatic carbocycles. The molecular weight excluding hydrogens is 264 g/mol. The van der Waals surface area contributed by atoms with Gasteiger partial charge in [-0.25, -0.2) is 0 Å². The lowest BCUT2D eigenvalue weighted by Crippen LogP contribution is -1.98. The number of allylic oxidation sites excluding steroid dienone is 1. The van der Waals surface area contributed by atoms with Crippen LogP contribution in [0.4, 0.5) is 0 Å². The van der Waals surface area contributed by atoms with Gasteiger partial charge in [0, 0.05) is 0 Å². The van der Waals surface area contributed by atoms with Gasteiger partial charge in [0.25, 0.3) is 0 Å². The van der Waals surface area contributed by atoms with Gasteiger partial charge in [-0.05, 0) is 103 Å². The van der Waals surface area contributed by atoms with Crippen LogP contribution >= 0.6 is 0 Å². The highest BCUT2D eigenvalue weighted by molar-refractivity contribution is 5.86. The van der Waals surface area contributed by atoms with Crippen molar-refractivity contribution in [2.24, 2.45) is 0 Å². The maximum absolute atomic E-state index is 2.49. The van der Waals surface area contributed by atoms with Crippen LogP contribution in [0.2, 0.25) is 0 Å². The van der Waals surface area contributed by atoms with Gasteiger partial charge in [-0.3, -0.25) is 0 Å². The number of fused-ring (bicyclic) bond motifs is 2. The predicted octanol–water partition coefficient (Wildman–Crippen LogP) is 5.73. The Hall–Kier alpha value is -1.82. The standard InChI is InChI=1S/C22H24/c1-13-8-18-12-17-6-5-7-19(17)22(21(18)9-13)20-11-15(3)14(2)10-16(20)4/h9-12H,5-8H2,1-4H3. The van der Waals surface area contributed by atoms with Crippen molar-refractivity contribution in [3.63, 3.8) is 0 Å². The first-order valence-electron chi connectivity index (χ1n) is 8.47. The first kappa shape index (κ1) is 13.8. The Morgan fingerprint density at radius 3 is 2.36 bits per heavy atom. The van der Waals surface area contributed by atoms with E-state index in [2.05, 4.69) is 52.0 Å². The molecule has 0 bridgehead atoms. The van der Waals surface area contributed by atoms with E-state index in [0.717, 1.165) is 6.42 Å². The molecule has 0 amide bonds. The van der Waals surface area contributed by atoms with Gasteiger partial charge >= 0.3 is 0 Å². The first-order valence-corrected chi connectivity index (χ1v) is 8.47. The van der Waals surface area contributed by atoms with Crippen LogP contribution in [-0.2, 0) is 19.3 Å². The van der Waals surface area contributed by atoms with Gasteiger partial charge in [-0.1, -0.05) is 29.8 Å². The Morgan fingerprint density at radius 2 is 1.55 bits per heavy atom. The minimum absolute atomic E-state index is 1.14. The van der Waals surface area contributed by atoms with E-state index in [9.17, 15) is 0 Å². The molecule has 0 radical (unpaired) electrons. The SMILES string of the molecule is CC1=Cc2c(cc3c(c2-c2cc(C)c(C)cc2C)CCC3)C1. The van der Waals surface area contributed by atoms with Gasteiger partial charge in [0.05, 0.1) is 0 Å². The molecule has 22 heavy (non-hydrogen) atoms. The Balaban J connectivity index is 2.05. The van der Waals surface area contributed by atoms with Crippen LogP contribution in [0.3, 0.4) is 0 Å². The maximum Gasteiger partial charge on any atom is -0.00603 e. The Bertz CT molecular complexity index is 819. The van der Waals surface area contributed by atoms with Crippen LogP contribution in [-0.4, -0.2) is 0 Å². The van der Waals surface area contributed by atoms with E-state index in [4.69, 9.17) is 0 Å². The van der Waals surface area contributed by atoms with E-state index >= 15 is 0 Å². The van der Waals surface area contributed by atoms with E-state index in [1.165, 1.54) is 52.7 Å². The molecule has 0 aromatic heterocycles. The smallest absolute Gasteiger partial charge is 0.00603 e. The minimum Gasteiger partial charge on any atom is -0.0683 e. The normalized spacial score (nSPS) is 15.7. The number of benzene rings is 2. The molecule has 0 fully saturated rings. The second-order valence-electron chi connectivity index (χ2n) is 7.23. The van der Waals surface area contributed by atoms with Crippen molar-refractivity contribution in [2.45, 2.75) is 53.4 Å². The summed E-state index contributed by atoms with van der Waals surface area (Å²) >= 11 is 0. The number of rotatable bonds is 1. The van der Waals surface area contributed by atoms with Crippen LogP contribution in [0, 0.1) is 20.8 Å². The molecule has 2 aliphatic rings. The third-order valence-electron chi connectivity index (χ3n) is 5.50. The van der Waals surface area contributed by atoms with Crippen molar-refractivity contribution in [3.05, 3.63) is 62.7 Å². The summed E-state index contributed by atoms with van der Waals surface area (Å²) in [6.07, 6.45) is 7.39. The lowest BCUT2D eigenvalue weighted by Gasteiger charge is -2.18. The zero-order valence-corrected chi connectivity index (χ0v) is 14.1. The molecule has 0 unspecified atom stereocenters. The molecule has 0 aliphatic heterocycles. The van der Waals surface area contributed by atoms with Gasteiger partial charge in [0.1, 0.15) is 0 Å². The van der Waals surface area contributed by atoms with Crippen LogP contribution in [0.5, 0.6) is 0 Å². The molecule has 0 heterocycles. The van der Waals surface area contributed by atoms with Crippen LogP contribution in [0.15, 0.2) is 23.8 Å². The molecular formula is C22H24. The van der Waals surface area contributed by atoms with E-state index in [0.29, 0.717) is 0 Å². The molecule has 0 spiro atoms. The highest BCUT2D eigenvalue weighted by Gasteiger charge is 2.24. The minimum atomic E-state index is 1.14. The summed E-state index contributed by atoms with van der Waals surface area (Å²) in [7, 11) is 0. The van der Waals surface area contributed by atoms with Gasteiger partial charge in [0.2, 0.25) is 0 Å². The van der Waals surface area contributed by atoms with Crippen LogP contribution in [0.1, 0.15) is 52.3 Å². The summed E-state index contributed by atoms with van der Waals surface area (Å²) in [5.41, 5.74) is 15.0. The molecule has 2 aromatic rings. The molecule has 112 valence electrons. The van der Waals surface area contributed by atoms with Gasteiger partial charge in [-0.15, -0.1) is 0 Å². The summed E-state index contributed by atoms with van der Waals surface area (Å²) in [6, 6.07) is 7.27. The summed E-state index contributed by atoms with van der Waals surface area (Å²) in [5.74, 6) is 0. The quantitative estimate of drug-likeness (QED) is 0.629. The zero-order chi connectivity index (χ0) is 15.4. The zero-order valence-electron chi connectivity index (χ0n) is 14.1.